The Morgan fingerprint density at radius 1 is 0.842 bits per heavy atom. The molecule has 2 aromatic carbocycles. The van der Waals surface area contributed by atoms with Gasteiger partial charge in [-0.3, -0.25) is 13.8 Å². The van der Waals surface area contributed by atoms with Gasteiger partial charge in [-0.2, -0.15) is 0 Å². The van der Waals surface area contributed by atoms with Crippen LogP contribution in [-0.2, 0) is 4.79 Å². The summed E-state index contributed by atoms with van der Waals surface area (Å²) in [5.41, 5.74) is 4.45. The molecule has 7 rings (SSSR count). The van der Waals surface area contributed by atoms with Crippen molar-refractivity contribution in [1.82, 2.24) is 18.9 Å². The summed E-state index contributed by atoms with van der Waals surface area (Å²) in [6.07, 6.45) is 13.0. The molecule has 0 bridgehead atoms. The molecule has 0 N–H and O–H groups in total. The number of ether oxygens (including phenoxy) is 1. The molecule has 0 unspecified atom stereocenters. The molecule has 0 amide bonds. The van der Waals surface area contributed by atoms with Crippen LogP contribution in [0.4, 0.5) is 0 Å². The fourth-order valence-electron chi connectivity index (χ4n) is 6.42. The summed E-state index contributed by atoms with van der Waals surface area (Å²) in [6.45, 7) is 0. The molecule has 2 aliphatic rings. The van der Waals surface area contributed by atoms with Gasteiger partial charge in [-0.05, 0) is 62.1 Å². The number of esters is 1. The lowest BCUT2D eigenvalue weighted by Gasteiger charge is -2.22. The molecule has 3 aromatic heterocycles. The number of carbonyl (C=O) groups excluding carboxylic acids is 1. The van der Waals surface area contributed by atoms with Crippen LogP contribution in [0.5, 0.6) is 5.75 Å². The van der Waals surface area contributed by atoms with E-state index >= 15 is 0 Å². The zero-order valence-corrected chi connectivity index (χ0v) is 22.2. The summed E-state index contributed by atoms with van der Waals surface area (Å²) < 4.78 is 10.5. The van der Waals surface area contributed by atoms with Crippen LogP contribution in [0, 0.1) is 5.92 Å². The van der Waals surface area contributed by atoms with Gasteiger partial charge in [0.2, 0.25) is 0 Å². The Labute approximate surface area is 226 Å². The van der Waals surface area contributed by atoms with Gasteiger partial charge < -0.3 is 4.74 Å². The lowest BCUT2D eigenvalue weighted by Crippen LogP contribution is -2.22. The maximum absolute atomic E-state index is 13.3. The highest BCUT2D eigenvalue weighted by Crippen LogP contribution is 2.40. The van der Waals surface area contributed by atoms with Gasteiger partial charge in [-0.1, -0.05) is 62.3 Å². The number of aromatic nitrogens is 4. The second-order valence-electron chi connectivity index (χ2n) is 10.9. The van der Waals surface area contributed by atoms with Crippen LogP contribution in [0.3, 0.4) is 0 Å². The minimum Gasteiger partial charge on any atom is -0.424 e. The summed E-state index contributed by atoms with van der Waals surface area (Å²) in [7, 11) is 0. The largest absolute Gasteiger partial charge is 0.424 e. The van der Waals surface area contributed by atoms with E-state index in [1.165, 1.54) is 25.7 Å². The summed E-state index contributed by atoms with van der Waals surface area (Å²) >= 11 is 6.22. The van der Waals surface area contributed by atoms with Gasteiger partial charge in [0.1, 0.15) is 11.2 Å². The maximum Gasteiger partial charge on any atom is 0.314 e. The van der Waals surface area contributed by atoms with Gasteiger partial charge in [0, 0.05) is 16.6 Å². The van der Waals surface area contributed by atoms with Gasteiger partial charge in [0.25, 0.3) is 0 Å². The van der Waals surface area contributed by atoms with E-state index in [0.29, 0.717) is 16.7 Å². The second kappa shape index (κ2) is 9.73. The highest BCUT2D eigenvalue weighted by Gasteiger charge is 2.29. The molecule has 194 valence electrons. The molecule has 3 heterocycles. The molecule has 6 nitrogen and oxygen atoms in total. The molecule has 2 saturated carbocycles. The van der Waals surface area contributed by atoms with E-state index in [1.807, 2.05) is 53.2 Å². The molecule has 38 heavy (non-hydrogen) atoms. The number of para-hydroxylation sites is 2. The van der Waals surface area contributed by atoms with E-state index in [1.54, 1.807) is 0 Å². The fraction of sp³-hybridized carbons (Fsp3) is 0.387. The van der Waals surface area contributed by atoms with Crippen molar-refractivity contribution in [1.29, 1.82) is 0 Å². The Morgan fingerprint density at radius 3 is 2.32 bits per heavy atom. The third-order valence-electron chi connectivity index (χ3n) is 8.40. The number of rotatable bonds is 4. The van der Waals surface area contributed by atoms with Gasteiger partial charge in [0.15, 0.2) is 17.0 Å². The van der Waals surface area contributed by atoms with Crippen molar-refractivity contribution in [3.8, 4) is 11.4 Å². The maximum atomic E-state index is 13.3. The molecule has 0 spiro atoms. The van der Waals surface area contributed by atoms with Crippen LogP contribution >= 0.6 is 11.6 Å². The predicted molar refractivity (Wildman–Crippen MR) is 150 cm³/mol. The molecule has 0 radical (unpaired) electrons. The van der Waals surface area contributed by atoms with Crippen molar-refractivity contribution in [2.24, 2.45) is 5.92 Å². The van der Waals surface area contributed by atoms with Crippen LogP contribution in [0.2, 0.25) is 5.02 Å². The molecular formula is C31H31ClN4O2. The monoisotopic (exact) mass is 526 g/mol. The number of hydrogen-bond acceptors (Lipinski definition) is 4. The van der Waals surface area contributed by atoms with E-state index in [-0.39, 0.29) is 11.9 Å². The van der Waals surface area contributed by atoms with E-state index in [9.17, 15) is 4.79 Å². The highest BCUT2D eigenvalue weighted by atomic mass is 35.5. The quantitative estimate of drug-likeness (QED) is 0.222. The SMILES string of the molecule is O=C(Oc1cn(-c2ccc(Cl)cc2)c2nc(C3CCCCC3)n3c4ccccc4nc3c12)C1CCCCC1. The van der Waals surface area contributed by atoms with Crippen molar-refractivity contribution in [3.05, 3.63) is 65.6 Å². The normalized spacial score (nSPS) is 17.5. The minimum absolute atomic E-state index is 0.0537. The third kappa shape index (κ3) is 4.06. The first kappa shape index (κ1) is 23.7. The zero-order valence-electron chi connectivity index (χ0n) is 21.4. The Kier molecular flexibility index (Phi) is 6.08. The second-order valence-corrected chi connectivity index (χ2v) is 11.3. The Bertz CT molecular complexity index is 1640. The van der Waals surface area contributed by atoms with Gasteiger partial charge in [-0.15, -0.1) is 0 Å². The van der Waals surface area contributed by atoms with Crippen molar-refractivity contribution >= 4 is 45.3 Å². The average molecular weight is 527 g/mol. The van der Waals surface area contributed by atoms with E-state index in [0.717, 1.165) is 77.8 Å². The lowest BCUT2D eigenvalue weighted by molar-refractivity contribution is -0.139. The Morgan fingerprint density at radius 2 is 1.55 bits per heavy atom. The van der Waals surface area contributed by atoms with E-state index in [2.05, 4.69) is 10.5 Å². The summed E-state index contributed by atoms with van der Waals surface area (Å²) in [5.74, 6) is 1.72. The fourth-order valence-corrected chi connectivity index (χ4v) is 6.54. The lowest BCUT2D eigenvalue weighted by atomic mass is 9.88. The molecular weight excluding hydrogens is 496 g/mol. The third-order valence-corrected chi connectivity index (χ3v) is 8.65. The molecule has 2 aliphatic carbocycles. The number of halogens is 1. The average Bonchev–Trinajstić information content (AvgIpc) is 3.52. The van der Waals surface area contributed by atoms with Gasteiger partial charge in [-0.25, -0.2) is 9.97 Å². The van der Waals surface area contributed by atoms with Crippen LogP contribution < -0.4 is 4.74 Å². The number of imidazole rings is 1. The first-order valence-corrected chi connectivity index (χ1v) is 14.3. The number of carbonyl (C=O) groups is 1. The van der Waals surface area contributed by atoms with Crippen LogP contribution in [0.1, 0.15) is 76.0 Å². The van der Waals surface area contributed by atoms with E-state index in [4.69, 9.17) is 26.3 Å². The summed E-state index contributed by atoms with van der Waals surface area (Å²) in [6, 6.07) is 15.9. The summed E-state index contributed by atoms with van der Waals surface area (Å²) in [4.78, 5) is 23.8. The zero-order chi connectivity index (χ0) is 25.6. The van der Waals surface area contributed by atoms with E-state index < -0.39 is 0 Å². The first-order chi connectivity index (χ1) is 18.7. The molecule has 7 heteroatoms. The Hall–Kier alpha value is -3.38. The topological polar surface area (TPSA) is 61.4 Å². The number of fused-ring (bicyclic) bond motifs is 5. The number of nitrogens with zero attached hydrogens (tertiary/aromatic N) is 4. The van der Waals surface area contributed by atoms with Crippen molar-refractivity contribution in [2.75, 3.05) is 0 Å². The Balaban J connectivity index is 1.49. The van der Waals surface area contributed by atoms with Crippen molar-refractivity contribution in [3.63, 3.8) is 0 Å². The van der Waals surface area contributed by atoms with Crippen molar-refractivity contribution < 1.29 is 9.53 Å². The van der Waals surface area contributed by atoms with Gasteiger partial charge >= 0.3 is 5.97 Å². The van der Waals surface area contributed by atoms with Gasteiger partial charge in [0.05, 0.1) is 23.1 Å². The van der Waals surface area contributed by atoms with Crippen LogP contribution in [-0.4, -0.2) is 24.9 Å². The molecule has 2 fully saturated rings. The smallest absolute Gasteiger partial charge is 0.314 e. The summed E-state index contributed by atoms with van der Waals surface area (Å²) in [5, 5.41) is 1.45. The predicted octanol–water partition coefficient (Wildman–Crippen LogP) is 8.01. The number of benzene rings is 2. The first-order valence-electron chi connectivity index (χ1n) is 14.0. The van der Waals surface area contributed by atoms with Crippen LogP contribution in [0.25, 0.3) is 33.4 Å². The molecule has 0 aliphatic heterocycles. The minimum atomic E-state index is -0.148. The van der Waals surface area contributed by atoms with Crippen molar-refractivity contribution in [2.45, 2.75) is 70.1 Å². The molecule has 0 saturated heterocycles. The standard InChI is InChI=1S/C31H31ClN4O2/c32-22-15-17-23(18-16-22)35-19-26(38-31(37)21-11-5-2-6-12-21)27-29(35)34-28(20-9-3-1-4-10-20)36-25-14-8-7-13-24(25)33-30(27)36/h7-8,13-21H,1-6,9-12H2. The molecule has 0 atom stereocenters. The highest BCUT2D eigenvalue weighted by molar-refractivity contribution is 6.30. The molecule has 5 aromatic rings. The number of hydrogen-bond donors (Lipinski definition) is 0. The van der Waals surface area contributed by atoms with Crippen LogP contribution in [0.15, 0.2) is 54.7 Å².